The highest BCUT2D eigenvalue weighted by Gasteiger charge is 2.13. The van der Waals surface area contributed by atoms with Gasteiger partial charge in [-0.15, -0.1) is 16.4 Å². The summed E-state index contributed by atoms with van der Waals surface area (Å²) in [5.74, 6) is 2.04. The predicted molar refractivity (Wildman–Crippen MR) is 115 cm³/mol. The standard InChI is InChI=1S/C20H17N3O4S2/c1-25-14-9-12(10-15(26-2)18(14)27-3)11-16-19(24)23-20(29-16)21-17(22-23)7-6-13-5-4-8-28-13/h4-11H,1-3H3/b7-6+,16-11+. The zero-order chi connectivity index (χ0) is 20.4. The van der Waals surface area contributed by atoms with Crippen LogP contribution in [-0.4, -0.2) is 35.9 Å². The second-order valence-corrected chi connectivity index (χ2v) is 7.88. The van der Waals surface area contributed by atoms with E-state index in [0.717, 1.165) is 10.4 Å². The Labute approximate surface area is 174 Å². The van der Waals surface area contributed by atoms with E-state index in [1.807, 2.05) is 23.6 Å². The molecule has 1 aromatic carbocycles. The third-order valence-corrected chi connectivity index (χ3v) is 5.92. The maximum atomic E-state index is 12.7. The normalized spacial score (nSPS) is 12.2. The maximum Gasteiger partial charge on any atom is 0.291 e. The van der Waals surface area contributed by atoms with E-state index in [1.54, 1.807) is 57.0 Å². The molecule has 9 heteroatoms. The van der Waals surface area contributed by atoms with Crippen molar-refractivity contribution in [3.8, 4) is 17.2 Å². The highest BCUT2D eigenvalue weighted by Crippen LogP contribution is 2.38. The first-order chi connectivity index (χ1) is 14.1. The summed E-state index contributed by atoms with van der Waals surface area (Å²) in [7, 11) is 4.65. The largest absolute Gasteiger partial charge is 0.493 e. The molecule has 4 rings (SSSR count). The lowest BCUT2D eigenvalue weighted by molar-refractivity contribution is 0.324. The van der Waals surface area contributed by atoms with E-state index in [4.69, 9.17) is 14.2 Å². The zero-order valence-electron chi connectivity index (χ0n) is 15.9. The Bertz CT molecular complexity index is 1260. The number of benzene rings is 1. The summed E-state index contributed by atoms with van der Waals surface area (Å²) in [6.07, 6.45) is 5.49. The van der Waals surface area contributed by atoms with Crippen LogP contribution in [0.5, 0.6) is 17.2 Å². The summed E-state index contributed by atoms with van der Waals surface area (Å²) < 4.78 is 17.9. The molecule has 0 atom stereocenters. The molecule has 4 aromatic rings. The fourth-order valence-electron chi connectivity index (χ4n) is 2.80. The molecular weight excluding hydrogens is 410 g/mol. The molecule has 29 heavy (non-hydrogen) atoms. The number of methoxy groups -OCH3 is 3. The number of ether oxygens (including phenoxy) is 3. The van der Waals surface area contributed by atoms with Crippen LogP contribution in [0.1, 0.15) is 16.3 Å². The van der Waals surface area contributed by atoms with Crippen molar-refractivity contribution in [1.82, 2.24) is 14.6 Å². The number of fused-ring (bicyclic) bond motifs is 1. The number of hydrogen-bond donors (Lipinski definition) is 0. The summed E-state index contributed by atoms with van der Waals surface area (Å²) in [6, 6.07) is 7.55. The molecule has 0 bridgehead atoms. The fraction of sp³-hybridized carbons (Fsp3) is 0.150. The van der Waals surface area contributed by atoms with Crippen LogP contribution in [0.25, 0.3) is 23.2 Å². The molecule has 3 heterocycles. The predicted octanol–water partition coefficient (Wildman–Crippen LogP) is 2.96. The van der Waals surface area contributed by atoms with E-state index >= 15 is 0 Å². The molecular formula is C20H17N3O4S2. The van der Waals surface area contributed by atoms with Crippen LogP contribution in [0, 0.1) is 0 Å². The Hall–Kier alpha value is -3.17. The lowest BCUT2D eigenvalue weighted by Gasteiger charge is -2.12. The van der Waals surface area contributed by atoms with Gasteiger partial charge < -0.3 is 14.2 Å². The lowest BCUT2D eigenvalue weighted by atomic mass is 10.1. The Balaban J connectivity index is 1.73. The number of rotatable bonds is 6. The fourth-order valence-corrected chi connectivity index (χ4v) is 4.33. The highest BCUT2D eigenvalue weighted by molar-refractivity contribution is 7.15. The monoisotopic (exact) mass is 427 g/mol. The Morgan fingerprint density at radius 1 is 1.07 bits per heavy atom. The topological polar surface area (TPSA) is 75.0 Å². The van der Waals surface area contributed by atoms with Gasteiger partial charge in [0.2, 0.25) is 10.7 Å². The smallest absolute Gasteiger partial charge is 0.291 e. The SMILES string of the molecule is COc1cc(/C=c2/sc3nc(/C=C/c4cccs4)nn3c2=O)cc(OC)c1OC. The summed E-state index contributed by atoms with van der Waals surface area (Å²) >= 11 is 2.90. The molecule has 7 nitrogen and oxygen atoms in total. The van der Waals surface area contributed by atoms with Crippen LogP contribution >= 0.6 is 22.7 Å². The lowest BCUT2D eigenvalue weighted by Crippen LogP contribution is -2.23. The second kappa shape index (κ2) is 8.06. The van der Waals surface area contributed by atoms with Crippen molar-refractivity contribution in [2.24, 2.45) is 0 Å². The summed E-state index contributed by atoms with van der Waals surface area (Å²) in [5.41, 5.74) is 0.529. The molecule has 0 spiro atoms. The first kappa shape index (κ1) is 19.2. The van der Waals surface area contributed by atoms with Gasteiger partial charge in [0, 0.05) is 4.88 Å². The van der Waals surface area contributed by atoms with Gasteiger partial charge in [0.15, 0.2) is 17.3 Å². The summed E-state index contributed by atoms with van der Waals surface area (Å²) in [4.78, 5) is 18.8. The van der Waals surface area contributed by atoms with Crippen molar-refractivity contribution in [2.75, 3.05) is 21.3 Å². The first-order valence-corrected chi connectivity index (χ1v) is 10.3. The van der Waals surface area contributed by atoms with Crippen LogP contribution in [-0.2, 0) is 0 Å². The molecule has 148 valence electrons. The molecule has 0 aliphatic carbocycles. The van der Waals surface area contributed by atoms with E-state index in [9.17, 15) is 4.79 Å². The van der Waals surface area contributed by atoms with Gasteiger partial charge in [-0.25, -0.2) is 0 Å². The molecule has 0 unspecified atom stereocenters. The Kier molecular flexibility index (Phi) is 5.32. The minimum atomic E-state index is -0.220. The van der Waals surface area contributed by atoms with Gasteiger partial charge in [-0.05, 0) is 47.4 Å². The van der Waals surface area contributed by atoms with Crippen molar-refractivity contribution in [2.45, 2.75) is 0 Å². The van der Waals surface area contributed by atoms with E-state index in [-0.39, 0.29) is 5.56 Å². The average Bonchev–Trinajstić information content (AvgIpc) is 3.45. The van der Waals surface area contributed by atoms with Gasteiger partial charge in [-0.2, -0.15) is 9.50 Å². The van der Waals surface area contributed by atoms with E-state index in [1.165, 1.54) is 15.9 Å². The molecule has 3 aromatic heterocycles. The van der Waals surface area contributed by atoms with Gasteiger partial charge in [0.1, 0.15) is 0 Å². The minimum Gasteiger partial charge on any atom is -0.493 e. The average molecular weight is 428 g/mol. The molecule has 0 aliphatic heterocycles. The molecule has 0 radical (unpaired) electrons. The van der Waals surface area contributed by atoms with E-state index < -0.39 is 0 Å². The maximum absolute atomic E-state index is 12.7. The Morgan fingerprint density at radius 3 is 2.41 bits per heavy atom. The number of thiophene rings is 1. The van der Waals surface area contributed by atoms with E-state index in [0.29, 0.717) is 32.6 Å². The number of thiazole rings is 1. The van der Waals surface area contributed by atoms with Crippen LogP contribution in [0.15, 0.2) is 34.4 Å². The molecule has 0 amide bonds. The quantitative estimate of drug-likeness (QED) is 0.471. The first-order valence-electron chi connectivity index (χ1n) is 8.56. The van der Waals surface area contributed by atoms with Crippen LogP contribution in [0.3, 0.4) is 0 Å². The number of hydrogen-bond acceptors (Lipinski definition) is 8. The van der Waals surface area contributed by atoms with Crippen molar-refractivity contribution in [1.29, 1.82) is 0 Å². The molecule has 0 aliphatic rings. The van der Waals surface area contributed by atoms with Gasteiger partial charge in [-0.1, -0.05) is 17.4 Å². The van der Waals surface area contributed by atoms with Gasteiger partial charge in [0.05, 0.1) is 25.9 Å². The van der Waals surface area contributed by atoms with Crippen molar-refractivity contribution >= 4 is 45.9 Å². The molecule has 0 saturated heterocycles. The number of nitrogens with zero attached hydrogens (tertiary/aromatic N) is 3. The number of aromatic nitrogens is 3. The van der Waals surface area contributed by atoms with Crippen LogP contribution in [0.4, 0.5) is 0 Å². The molecule has 0 N–H and O–H groups in total. The van der Waals surface area contributed by atoms with Gasteiger partial charge >= 0.3 is 0 Å². The summed E-state index contributed by atoms with van der Waals surface area (Å²) in [5, 5.41) is 6.30. The van der Waals surface area contributed by atoms with Crippen LogP contribution in [0.2, 0.25) is 0 Å². The Morgan fingerprint density at radius 2 is 1.83 bits per heavy atom. The zero-order valence-corrected chi connectivity index (χ0v) is 17.5. The van der Waals surface area contributed by atoms with Crippen LogP contribution < -0.4 is 24.3 Å². The minimum absolute atomic E-state index is 0.220. The van der Waals surface area contributed by atoms with Crippen molar-refractivity contribution in [3.63, 3.8) is 0 Å². The highest BCUT2D eigenvalue weighted by atomic mass is 32.1. The second-order valence-electron chi connectivity index (χ2n) is 5.89. The molecule has 0 fully saturated rings. The van der Waals surface area contributed by atoms with Crippen molar-refractivity contribution < 1.29 is 14.2 Å². The van der Waals surface area contributed by atoms with Gasteiger partial charge in [0.25, 0.3) is 5.56 Å². The van der Waals surface area contributed by atoms with E-state index in [2.05, 4.69) is 10.1 Å². The van der Waals surface area contributed by atoms with Gasteiger partial charge in [-0.3, -0.25) is 4.79 Å². The third kappa shape index (κ3) is 3.74. The van der Waals surface area contributed by atoms with Crippen molar-refractivity contribution in [3.05, 3.63) is 60.8 Å². The summed E-state index contributed by atoms with van der Waals surface area (Å²) in [6.45, 7) is 0. The third-order valence-electron chi connectivity index (χ3n) is 4.12. The molecule has 0 saturated carbocycles.